The molecule has 0 spiro atoms. The lowest BCUT2D eigenvalue weighted by Crippen LogP contribution is -2.50. The molecule has 0 aliphatic carbocycles. The predicted octanol–water partition coefficient (Wildman–Crippen LogP) is 2.86. The van der Waals surface area contributed by atoms with Crippen molar-refractivity contribution in [1.82, 2.24) is 14.4 Å². The van der Waals surface area contributed by atoms with Crippen molar-refractivity contribution in [3.8, 4) is 0 Å². The van der Waals surface area contributed by atoms with E-state index in [0.29, 0.717) is 24.0 Å². The minimum atomic E-state index is -0.529. The first kappa shape index (κ1) is 21.6. The van der Waals surface area contributed by atoms with Crippen molar-refractivity contribution in [2.24, 2.45) is 0 Å². The smallest absolute Gasteiger partial charge is 0.295 e. The number of aromatic nitrogens is 1. The van der Waals surface area contributed by atoms with Crippen LogP contribution in [0.2, 0.25) is 0 Å². The van der Waals surface area contributed by atoms with E-state index in [2.05, 4.69) is 0 Å². The van der Waals surface area contributed by atoms with E-state index in [0.717, 1.165) is 44.3 Å². The van der Waals surface area contributed by atoms with Gasteiger partial charge in [-0.1, -0.05) is 31.0 Å². The van der Waals surface area contributed by atoms with Gasteiger partial charge in [0.2, 0.25) is 5.91 Å². The number of ether oxygens (including phenoxy) is 1. The summed E-state index contributed by atoms with van der Waals surface area (Å²) in [5.74, 6) is -0.981. The summed E-state index contributed by atoms with van der Waals surface area (Å²) in [5, 5.41) is 0.707. The molecule has 2 aromatic rings. The van der Waals surface area contributed by atoms with Gasteiger partial charge in [-0.05, 0) is 32.8 Å². The standard InChI is InChI=1S/C24H31N3O4/c1-17-13-27(14-18(2)31-17)24(30)23(29)20-15-26(21-10-6-5-9-19(20)21)16-22(28)25-11-7-3-4-8-12-25/h5-6,9-10,15,17-18H,3-4,7-8,11-14,16H2,1-2H3. The zero-order valence-corrected chi connectivity index (χ0v) is 18.4. The number of hydrogen-bond donors (Lipinski definition) is 0. The van der Waals surface area contributed by atoms with Gasteiger partial charge in [0.15, 0.2) is 0 Å². The van der Waals surface area contributed by atoms with Gasteiger partial charge in [0.25, 0.3) is 11.7 Å². The fourth-order valence-corrected chi connectivity index (χ4v) is 4.73. The maximum atomic E-state index is 13.2. The van der Waals surface area contributed by atoms with Crippen molar-refractivity contribution in [3.05, 3.63) is 36.0 Å². The SMILES string of the molecule is CC1CN(C(=O)C(=O)c2cn(CC(=O)N3CCCCCC3)c3ccccc23)CC(C)O1. The highest BCUT2D eigenvalue weighted by atomic mass is 16.5. The second kappa shape index (κ2) is 9.22. The molecule has 2 unspecified atom stereocenters. The van der Waals surface area contributed by atoms with Crippen molar-refractivity contribution < 1.29 is 19.1 Å². The molecule has 2 aliphatic rings. The van der Waals surface area contributed by atoms with Crippen LogP contribution in [0.4, 0.5) is 0 Å². The number of nitrogens with zero attached hydrogens (tertiary/aromatic N) is 3. The molecule has 1 aromatic heterocycles. The fourth-order valence-electron chi connectivity index (χ4n) is 4.73. The summed E-state index contributed by atoms with van der Waals surface area (Å²) in [4.78, 5) is 42.6. The first-order valence-electron chi connectivity index (χ1n) is 11.3. The Hall–Kier alpha value is -2.67. The van der Waals surface area contributed by atoms with Gasteiger partial charge in [0, 0.05) is 43.3 Å². The lowest BCUT2D eigenvalue weighted by molar-refractivity contribution is -0.138. The second-order valence-corrected chi connectivity index (χ2v) is 8.78. The van der Waals surface area contributed by atoms with Crippen LogP contribution in [0.5, 0.6) is 0 Å². The van der Waals surface area contributed by atoms with Crippen LogP contribution >= 0.6 is 0 Å². The van der Waals surface area contributed by atoms with E-state index in [1.807, 2.05) is 47.6 Å². The normalized spacial score (nSPS) is 22.4. The summed E-state index contributed by atoms with van der Waals surface area (Å²) in [7, 11) is 0. The Labute approximate surface area is 182 Å². The Balaban J connectivity index is 1.58. The van der Waals surface area contributed by atoms with Crippen molar-refractivity contribution in [1.29, 1.82) is 0 Å². The summed E-state index contributed by atoms with van der Waals surface area (Å²) in [6, 6.07) is 7.47. The minimum Gasteiger partial charge on any atom is -0.372 e. The van der Waals surface area contributed by atoms with Gasteiger partial charge in [0.05, 0.1) is 17.8 Å². The first-order valence-corrected chi connectivity index (χ1v) is 11.3. The number of amides is 2. The summed E-state index contributed by atoms with van der Waals surface area (Å²) < 4.78 is 7.50. The Morgan fingerprint density at radius 2 is 1.58 bits per heavy atom. The largest absolute Gasteiger partial charge is 0.372 e. The average Bonchev–Trinajstić information content (AvgIpc) is 2.91. The van der Waals surface area contributed by atoms with Gasteiger partial charge in [-0.2, -0.15) is 0 Å². The van der Waals surface area contributed by atoms with Gasteiger partial charge < -0.3 is 19.1 Å². The van der Waals surface area contributed by atoms with Crippen LogP contribution in [0.25, 0.3) is 10.9 Å². The van der Waals surface area contributed by atoms with Gasteiger partial charge in [-0.3, -0.25) is 14.4 Å². The monoisotopic (exact) mass is 425 g/mol. The number of fused-ring (bicyclic) bond motifs is 1. The number of rotatable bonds is 4. The van der Waals surface area contributed by atoms with Crippen molar-refractivity contribution in [2.45, 2.75) is 58.3 Å². The molecule has 0 saturated carbocycles. The minimum absolute atomic E-state index is 0.0591. The number of Topliss-reactive ketones (excluding diaryl/α,β-unsaturated/α-hetero) is 1. The maximum Gasteiger partial charge on any atom is 0.295 e. The molecule has 2 atom stereocenters. The second-order valence-electron chi connectivity index (χ2n) is 8.78. The number of carbonyl (C=O) groups is 3. The third-order valence-electron chi connectivity index (χ3n) is 6.20. The molecule has 7 heteroatoms. The third-order valence-corrected chi connectivity index (χ3v) is 6.20. The van der Waals surface area contributed by atoms with Crippen LogP contribution in [-0.2, 0) is 20.9 Å². The van der Waals surface area contributed by atoms with Crippen molar-refractivity contribution in [3.63, 3.8) is 0 Å². The number of likely N-dealkylation sites (tertiary alicyclic amines) is 1. The molecule has 3 heterocycles. The lowest BCUT2D eigenvalue weighted by Gasteiger charge is -2.34. The average molecular weight is 426 g/mol. The maximum absolute atomic E-state index is 13.2. The van der Waals surface area contributed by atoms with Gasteiger partial charge >= 0.3 is 0 Å². The summed E-state index contributed by atoms with van der Waals surface area (Å²) in [6.45, 7) is 6.36. The molecule has 0 bridgehead atoms. The molecular formula is C24H31N3O4. The highest BCUT2D eigenvalue weighted by Crippen LogP contribution is 2.24. The van der Waals surface area contributed by atoms with Crippen molar-refractivity contribution >= 4 is 28.5 Å². The number of hydrogen-bond acceptors (Lipinski definition) is 4. The molecule has 2 saturated heterocycles. The van der Waals surface area contributed by atoms with Crippen LogP contribution < -0.4 is 0 Å². The number of benzene rings is 1. The number of para-hydroxylation sites is 1. The topological polar surface area (TPSA) is 71.9 Å². The molecule has 0 radical (unpaired) electrons. The van der Waals surface area contributed by atoms with E-state index in [-0.39, 0.29) is 24.7 Å². The zero-order valence-electron chi connectivity index (χ0n) is 18.4. The van der Waals surface area contributed by atoms with E-state index in [4.69, 9.17) is 4.74 Å². The van der Waals surface area contributed by atoms with E-state index < -0.39 is 11.7 Å². The van der Waals surface area contributed by atoms with Crippen LogP contribution in [0, 0.1) is 0 Å². The van der Waals surface area contributed by atoms with E-state index >= 15 is 0 Å². The Kier molecular flexibility index (Phi) is 6.41. The summed E-state index contributed by atoms with van der Waals surface area (Å²) in [6.07, 6.45) is 5.86. The van der Waals surface area contributed by atoms with E-state index in [1.54, 1.807) is 11.1 Å². The molecule has 2 fully saturated rings. The Morgan fingerprint density at radius 3 is 2.26 bits per heavy atom. The quantitative estimate of drug-likeness (QED) is 0.558. The van der Waals surface area contributed by atoms with Gasteiger partial charge in [-0.25, -0.2) is 0 Å². The summed E-state index contributed by atoms with van der Waals surface area (Å²) >= 11 is 0. The lowest BCUT2D eigenvalue weighted by atomic mass is 10.1. The fraction of sp³-hybridized carbons (Fsp3) is 0.542. The van der Waals surface area contributed by atoms with Crippen LogP contribution in [-0.4, -0.2) is 70.4 Å². The molecular weight excluding hydrogens is 394 g/mol. The highest BCUT2D eigenvalue weighted by Gasteiger charge is 2.32. The molecule has 0 N–H and O–H groups in total. The molecule has 2 aliphatic heterocycles. The number of morpholine rings is 1. The van der Waals surface area contributed by atoms with Crippen LogP contribution in [0.3, 0.4) is 0 Å². The molecule has 166 valence electrons. The van der Waals surface area contributed by atoms with Crippen molar-refractivity contribution in [2.75, 3.05) is 26.2 Å². The molecule has 1 aromatic carbocycles. The Morgan fingerprint density at radius 1 is 0.935 bits per heavy atom. The Bertz CT molecular complexity index is 964. The van der Waals surface area contributed by atoms with E-state index in [1.165, 1.54) is 0 Å². The van der Waals surface area contributed by atoms with Crippen LogP contribution in [0.1, 0.15) is 49.9 Å². The summed E-state index contributed by atoms with van der Waals surface area (Å²) in [5.41, 5.74) is 1.15. The van der Waals surface area contributed by atoms with Crippen LogP contribution in [0.15, 0.2) is 30.5 Å². The zero-order chi connectivity index (χ0) is 22.0. The molecule has 4 rings (SSSR count). The number of ketones is 1. The molecule has 7 nitrogen and oxygen atoms in total. The third kappa shape index (κ3) is 4.66. The molecule has 31 heavy (non-hydrogen) atoms. The number of carbonyl (C=O) groups excluding carboxylic acids is 3. The first-order chi connectivity index (χ1) is 14.9. The highest BCUT2D eigenvalue weighted by molar-refractivity contribution is 6.44. The predicted molar refractivity (Wildman–Crippen MR) is 118 cm³/mol. The molecule has 2 amide bonds. The van der Waals surface area contributed by atoms with Gasteiger partial charge in [-0.15, -0.1) is 0 Å². The van der Waals surface area contributed by atoms with E-state index in [9.17, 15) is 14.4 Å². The van der Waals surface area contributed by atoms with Gasteiger partial charge in [0.1, 0.15) is 6.54 Å².